The van der Waals surface area contributed by atoms with E-state index >= 15 is 0 Å². The van der Waals surface area contributed by atoms with Crippen molar-refractivity contribution in [3.05, 3.63) is 0 Å². The highest BCUT2D eigenvalue weighted by Crippen LogP contribution is 2.26. The molecule has 0 saturated heterocycles. The highest BCUT2D eigenvalue weighted by molar-refractivity contribution is 7.98. The van der Waals surface area contributed by atoms with Gasteiger partial charge >= 0.3 is 0 Å². The van der Waals surface area contributed by atoms with Crippen molar-refractivity contribution in [2.45, 2.75) is 37.6 Å². The number of hydrogen-bond donors (Lipinski definition) is 1. The monoisotopic (exact) mass is 216 g/mol. The molecule has 2 nitrogen and oxygen atoms in total. The van der Waals surface area contributed by atoms with Crippen LogP contribution in [0.15, 0.2) is 0 Å². The van der Waals surface area contributed by atoms with E-state index in [1.807, 2.05) is 11.8 Å². The number of nitrogens with zero attached hydrogens (tertiary/aromatic N) is 1. The summed E-state index contributed by atoms with van der Waals surface area (Å²) in [7, 11) is 2.19. The van der Waals surface area contributed by atoms with Gasteiger partial charge in [-0.05, 0) is 26.1 Å². The molecule has 0 radical (unpaired) electrons. The van der Waals surface area contributed by atoms with E-state index in [4.69, 9.17) is 5.73 Å². The van der Waals surface area contributed by atoms with Crippen LogP contribution in [-0.2, 0) is 0 Å². The van der Waals surface area contributed by atoms with Crippen LogP contribution < -0.4 is 5.73 Å². The molecule has 1 aliphatic carbocycles. The molecule has 1 saturated carbocycles. The maximum absolute atomic E-state index is 6.38. The van der Waals surface area contributed by atoms with Crippen LogP contribution in [0.25, 0.3) is 0 Å². The average molecular weight is 216 g/mol. The average Bonchev–Trinajstić information content (AvgIpc) is 2.15. The number of thioether (sulfide) groups is 1. The molecule has 3 heteroatoms. The number of nitrogens with two attached hydrogens (primary N) is 1. The van der Waals surface area contributed by atoms with E-state index < -0.39 is 0 Å². The topological polar surface area (TPSA) is 29.3 Å². The fourth-order valence-corrected chi connectivity index (χ4v) is 2.77. The van der Waals surface area contributed by atoms with E-state index in [0.29, 0.717) is 0 Å². The zero-order valence-electron chi connectivity index (χ0n) is 9.59. The molecule has 0 aromatic heterocycles. The first-order valence-corrected chi connectivity index (χ1v) is 7.02. The van der Waals surface area contributed by atoms with Gasteiger partial charge in [-0.15, -0.1) is 0 Å². The molecular weight excluding hydrogens is 192 g/mol. The Labute approximate surface area is 92.6 Å². The highest BCUT2D eigenvalue weighted by Gasteiger charge is 2.28. The van der Waals surface area contributed by atoms with E-state index in [-0.39, 0.29) is 5.54 Å². The predicted molar refractivity (Wildman–Crippen MR) is 65.9 cm³/mol. The van der Waals surface area contributed by atoms with Crippen molar-refractivity contribution in [1.29, 1.82) is 0 Å². The van der Waals surface area contributed by atoms with Crippen molar-refractivity contribution in [3.63, 3.8) is 0 Å². The second-order valence-electron chi connectivity index (χ2n) is 4.65. The molecule has 0 amide bonds. The summed E-state index contributed by atoms with van der Waals surface area (Å²) >= 11 is 1.91. The molecule has 0 heterocycles. The summed E-state index contributed by atoms with van der Waals surface area (Å²) in [6, 6.07) is 0. The molecule has 0 aromatic rings. The van der Waals surface area contributed by atoms with Crippen LogP contribution in [-0.4, -0.2) is 42.6 Å². The lowest BCUT2D eigenvalue weighted by Crippen LogP contribution is -2.50. The molecule has 1 aliphatic rings. The molecule has 0 unspecified atom stereocenters. The summed E-state index contributed by atoms with van der Waals surface area (Å²) in [5.74, 6) is 1.21. The first kappa shape index (κ1) is 12.3. The molecule has 0 bridgehead atoms. The van der Waals surface area contributed by atoms with Crippen molar-refractivity contribution < 1.29 is 0 Å². The van der Waals surface area contributed by atoms with Crippen LogP contribution in [0.1, 0.15) is 32.1 Å². The molecule has 1 fully saturated rings. The van der Waals surface area contributed by atoms with Gasteiger partial charge < -0.3 is 10.6 Å². The third-order valence-electron chi connectivity index (χ3n) is 3.11. The summed E-state index contributed by atoms with van der Waals surface area (Å²) < 4.78 is 0. The lowest BCUT2D eigenvalue weighted by atomic mass is 9.82. The van der Waals surface area contributed by atoms with Gasteiger partial charge in [-0.3, -0.25) is 0 Å². The van der Waals surface area contributed by atoms with Gasteiger partial charge in [0.2, 0.25) is 0 Å². The summed E-state index contributed by atoms with van der Waals surface area (Å²) in [5, 5.41) is 0. The van der Waals surface area contributed by atoms with Gasteiger partial charge in [0.05, 0.1) is 0 Å². The van der Waals surface area contributed by atoms with Crippen LogP contribution in [0, 0.1) is 0 Å². The molecule has 0 aromatic carbocycles. The van der Waals surface area contributed by atoms with Crippen molar-refractivity contribution >= 4 is 11.8 Å². The maximum Gasteiger partial charge on any atom is 0.0283 e. The molecule has 84 valence electrons. The quantitative estimate of drug-likeness (QED) is 0.761. The van der Waals surface area contributed by atoms with Crippen molar-refractivity contribution in [2.75, 3.05) is 32.1 Å². The normalized spacial score (nSPS) is 21.4. The Bertz CT molecular complexity index is 155. The van der Waals surface area contributed by atoms with Gasteiger partial charge in [-0.25, -0.2) is 0 Å². The van der Waals surface area contributed by atoms with Crippen LogP contribution in [0.4, 0.5) is 0 Å². The molecule has 0 atom stereocenters. The molecule has 0 spiro atoms. The zero-order chi connectivity index (χ0) is 10.4. The minimum absolute atomic E-state index is 0.116. The number of likely N-dealkylation sites (N-methyl/N-ethyl adjacent to an activating group) is 1. The first-order valence-electron chi connectivity index (χ1n) is 5.63. The highest BCUT2D eigenvalue weighted by atomic mass is 32.2. The fourth-order valence-electron chi connectivity index (χ4n) is 2.28. The lowest BCUT2D eigenvalue weighted by Gasteiger charge is -2.36. The second kappa shape index (κ2) is 5.99. The van der Waals surface area contributed by atoms with Gasteiger partial charge in [0.15, 0.2) is 0 Å². The predicted octanol–water partition coefficient (Wildman–Crippen LogP) is 1.94. The lowest BCUT2D eigenvalue weighted by molar-refractivity contribution is 0.204. The largest absolute Gasteiger partial charge is 0.324 e. The smallest absolute Gasteiger partial charge is 0.0283 e. The molecule has 14 heavy (non-hydrogen) atoms. The van der Waals surface area contributed by atoms with Gasteiger partial charge in [-0.2, -0.15) is 11.8 Å². The zero-order valence-corrected chi connectivity index (χ0v) is 10.4. The van der Waals surface area contributed by atoms with E-state index in [0.717, 1.165) is 6.54 Å². The van der Waals surface area contributed by atoms with Crippen LogP contribution in [0.3, 0.4) is 0 Å². The third kappa shape index (κ3) is 4.20. The van der Waals surface area contributed by atoms with E-state index in [9.17, 15) is 0 Å². The Balaban J connectivity index is 2.25. The van der Waals surface area contributed by atoms with Crippen LogP contribution in [0.2, 0.25) is 0 Å². The Morgan fingerprint density at radius 3 is 2.50 bits per heavy atom. The van der Waals surface area contributed by atoms with Crippen molar-refractivity contribution in [2.24, 2.45) is 5.73 Å². The summed E-state index contributed by atoms with van der Waals surface area (Å²) in [5.41, 5.74) is 6.50. The standard InChI is InChI=1S/C11H24N2S/c1-13(8-9-14-2)10-11(12)6-4-3-5-7-11/h3-10,12H2,1-2H3. The van der Waals surface area contributed by atoms with Crippen LogP contribution in [0.5, 0.6) is 0 Å². The summed E-state index contributed by atoms with van der Waals surface area (Å²) in [6.45, 7) is 2.24. The molecular formula is C11H24N2S. The van der Waals surface area contributed by atoms with E-state index in [1.165, 1.54) is 44.4 Å². The number of hydrogen-bond acceptors (Lipinski definition) is 3. The molecule has 2 N–H and O–H groups in total. The fraction of sp³-hybridized carbons (Fsp3) is 1.00. The summed E-state index contributed by atoms with van der Waals surface area (Å²) in [4.78, 5) is 2.39. The minimum Gasteiger partial charge on any atom is -0.324 e. The van der Waals surface area contributed by atoms with Crippen LogP contribution >= 0.6 is 11.8 Å². The van der Waals surface area contributed by atoms with Crippen molar-refractivity contribution in [3.8, 4) is 0 Å². The molecule has 1 rings (SSSR count). The second-order valence-corrected chi connectivity index (χ2v) is 5.64. The van der Waals surface area contributed by atoms with E-state index in [1.54, 1.807) is 0 Å². The van der Waals surface area contributed by atoms with Crippen molar-refractivity contribution in [1.82, 2.24) is 4.90 Å². The number of rotatable bonds is 5. The Kier molecular flexibility index (Phi) is 5.28. The van der Waals surface area contributed by atoms with Gasteiger partial charge in [-0.1, -0.05) is 19.3 Å². The Hall–Kier alpha value is 0.270. The minimum atomic E-state index is 0.116. The Morgan fingerprint density at radius 1 is 1.29 bits per heavy atom. The summed E-state index contributed by atoms with van der Waals surface area (Å²) in [6.07, 6.45) is 8.63. The SMILES string of the molecule is CSCCN(C)CC1(N)CCCCC1. The van der Waals surface area contributed by atoms with Gasteiger partial charge in [0.1, 0.15) is 0 Å². The third-order valence-corrected chi connectivity index (χ3v) is 3.70. The van der Waals surface area contributed by atoms with Gasteiger partial charge in [0, 0.05) is 24.4 Å². The van der Waals surface area contributed by atoms with E-state index in [2.05, 4.69) is 18.2 Å². The Morgan fingerprint density at radius 2 is 1.93 bits per heavy atom. The van der Waals surface area contributed by atoms with Gasteiger partial charge in [0.25, 0.3) is 0 Å². The maximum atomic E-state index is 6.38. The molecule has 0 aliphatic heterocycles. The first-order chi connectivity index (χ1) is 6.66.